The summed E-state index contributed by atoms with van der Waals surface area (Å²) in [5, 5.41) is 0. The van der Waals surface area contributed by atoms with E-state index in [4.69, 9.17) is 5.73 Å². The fraction of sp³-hybridized carbons (Fsp3) is 0.571. The Labute approximate surface area is 107 Å². The highest BCUT2D eigenvalue weighted by Crippen LogP contribution is 2.23. The monoisotopic (exact) mass is 254 g/mol. The molecule has 1 aliphatic heterocycles. The molecule has 0 aliphatic carbocycles. The van der Waals surface area contributed by atoms with Crippen LogP contribution < -0.4 is 5.73 Å². The third kappa shape index (κ3) is 3.06. The maximum Gasteiger partial charge on any atom is 0.128 e. The Bertz CT molecular complexity index is 409. The smallest absolute Gasteiger partial charge is 0.128 e. The van der Waals surface area contributed by atoms with Crippen LogP contribution in [0.1, 0.15) is 31.4 Å². The van der Waals surface area contributed by atoms with E-state index in [2.05, 4.69) is 11.8 Å². The summed E-state index contributed by atoms with van der Waals surface area (Å²) >= 11 is 0. The van der Waals surface area contributed by atoms with Crippen molar-refractivity contribution in [2.45, 2.75) is 25.8 Å². The molecule has 0 saturated carbocycles. The molecule has 0 aromatic heterocycles. The lowest BCUT2D eigenvalue weighted by Gasteiger charge is -2.21. The van der Waals surface area contributed by atoms with E-state index in [1.165, 1.54) is 18.9 Å². The van der Waals surface area contributed by atoms with Gasteiger partial charge in [0.05, 0.1) is 0 Å². The van der Waals surface area contributed by atoms with Gasteiger partial charge in [-0.1, -0.05) is 13.3 Å². The van der Waals surface area contributed by atoms with Crippen LogP contribution in [0, 0.1) is 17.6 Å². The molecule has 4 heteroatoms. The van der Waals surface area contributed by atoms with Gasteiger partial charge in [0.1, 0.15) is 11.6 Å². The van der Waals surface area contributed by atoms with Crippen molar-refractivity contribution < 1.29 is 8.78 Å². The summed E-state index contributed by atoms with van der Waals surface area (Å²) in [6.07, 6.45) is 2.34. The van der Waals surface area contributed by atoms with E-state index in [0.717, 1.165) is 31.1 Å². The first-order valence-electron chi connectivity index (χ1n) is 6.53. The molecule has 1 aromatic rings. The van der Waals surface area contributed by atoms with Crippen LogP contribution in [0.15, 0.2) is 18.2 Å². The Morgan fingerprint density at radius 1 is 1.44 bits per heavy atom. The molecule has 0 spiro atoms. The maximum atomic E-state index is 13.6. The van der Waals surface area contributed by atoms with Crippen molar-refractivity contribution in [2.75, 3.05) is 19.6 Å². The molecule has 18 heavy (non-hydrogen) atoms. The van der Waals surface area contributed by atoms with Crippen molar-refractivity contribution >= 4 is 0 Å². The van der Waals surface area contributed by atoms with Crippen molar-refractivity contribution in [2.24, 2.45) is 11.7 Å². The topological polar surface area (TPSA) is 29.3 Å². The molecule has 1 fully saturated rings. The second-order valence-corrected chi connectivity index (χ2v) is 5.09. The molecule has 0 amide bonds. The van der Waals surface area contributed by atoms with Crippen LogP contribution in [0.5, 0.6) is 0 Å². The van der Waals surface area contributed by atoms with Crippen molar-refractivity contribution in [1.82, 2.24) is 4.90 Å². The highest BCUT2D eigenvalue weighted by molar-refractivity contribution is 5.22. The molecule has 2 unspecified atom stereocenters. The molecule has 2 nitrogen and oxygen atoms in total. The molecule has 1 heterocycles. The zero-order valence-corrected chi connectivity index (χ0v) is 10.7. The van der Waals surface area contributed by atoms with Gasteiger partial charge in [-0.25, -0.2) is 8.78 Å². The summed E-state index contributed by atoms with van der Waals surface area (Å²) in [4.78, 5) is 2.24. The zero-order chi connectivity index (χ0) is 13.1. The minimum Gasteiger partial charge on any atom is -0.323 e. The zero-order valence-electron chi connectivity index (χ0n) is 10.7. The average Bonchev–Trinajstić information content (AvgIpc) is 2.80. The quantitative estimate of drug-likeness (QED) is 0.895. The molecule has 2 N–H and O–H groups in total. The molecule has 1 aromatic carbocycles. The third-order valence-electron chi connectivity index (χ3n) is 3.76. The van der Waals surface area contributed by atoms with Crippen LogP contribution in [-0.4, -0.2) is 24.5 Å². The van der Waals surface area contributed by atoms with E-state index in [-0.39, 0.29) is 5.56 Å². The average molecular weight is 254 g/mol. The standard InChI is InChI=1S/C14H20F2N2/c1-2-10-5-6-18(8-10)9-14(17)12-7-11(15)3-4-13(12)16/h3-4,7,10,14H,2,5-6,8-9,17H2,1H3. The van der Waals surface area contributed by atoms with Crippen LogP contribution in [0.3, 0.4) is 0 Å². The van der Waals surface area contributed by atoms with E-state index in [1.54, 1.807) is 0 Å². The SMILES string of the molecule is CCC1CCN(CC(N)c2cc(F)ccc2F)C1. The summed E-state index contributed by atoms with van der Waals surface area (Å²) in [5.41, 5.74) is 6.26. The van der Waals surface area contributed by atoms with Crippen LogP contribution in [0.25, 0.3) is 0 Å². The predicted molar refractivity (Wildman–Crippen MR) is 68.1 cm³/mol. The highest BCUT2D eigenvalue weighted by Gasteiger charge is 2.23. The fourth-order valence-corrected chi connectivity index (χ4v) is 2.59. The molecule has 0 radical (unpaired) electrons. The first-order chi connectivity index (χ1) is 8.60. The van der Waals surface area contributed by atoms with Crippen molar-refractivity contribution in [3.63, 3.8) is 0 Å². The molecule has 2 atom stereocenters. The Hall–Kier alpha value is -1.00. The van der Waals surface area contributed by atoms with E-state index in [1.807, 2.05) is 0 Å². The van der Waals surface area contributed by atoms with Gasteiger partial charge in [0.25, 0.3) is 0 Å². The summed E-state index contributed by atoms with van der Waals surface area (Å²) in [6, 6.07) is 3.00. The molecule has 1 saturated heterocycles. The van der Waals surface area contributed by atoms with Crippen LogP contribution in [0.2, 0.25) is 0 Å². The number of likely N-dealkylation sites (tertiary alicyclic amines) is 1. The van der Waals surface area contributed by atoms with Crippen LogP contribution in [0.4, 0.5) is 8.78 Å². The van der Waals surface area contributed by atoms with Crippen molar-refractivity contribution in [3.05, 3.63) is 35.4 Å². The Kier molecular flexibility index (Phi) is 4.30. The number of halogens is 2. The second-order valence-electron chi connectivity index (χ2n) is 5.09. The third-order valence-corrected chi connectivity index (χ3v) is 3.76. The molecule has 2 rings (SSSR count). The molecule has 100 valence electrons. The number of nitrogens with zero attached hydrogens (tertiary/aromatic N) is 1. The summed E-state index contributed by atoms with van der Waals surface area (Å²) in [7, 11) is 0. The summed E-state index contributed by atoms with van der Waals surface area (Å²) in [5.74, 6) is -0.139. The highest BCUT2D eigenvalue weighted by atomic mass is 19.1. The minimum absolute atomic E-state index is 0.273. The number of nitrogens with two attached hydrogens (primary N) is 1. The fourth-order valence-electron chi connectivity index (χ4n) is 2.59. The van der Waals surface area contributed by atoms with E-state index in [9.17, 15) is 8.78 Å². The number of hydrogen-bond acceptors (Lipinski definition) is 2. The van der Waals surface area contributed by atoms with Gasteiger partial charge in [-0.3, -0.25) is 0 Å². The van der Waals surface area contributed by atoms with Crippen LogP contribution >= 0.6 is 0 Å². The second kappa shape index (κ2) is 5.76. The van der Waals surface area contributed by atoms with Gasteiger partial charge in [0.2, 0.25) is 0 Å². The molecule has 0 bridgehead atoms. The Balaban J connectivity index is 1.99. The lowest BCUT2D eigenvalue weighted by atomic mass is 10.1. The van der Waals surface area contributed by atoms with Gasteiger partial charge in [-0.15, -0.1) is 0 Å². The first kappa shape index (κ1) is 13.4. The van der Waals surface area contributed by atoms with E-state index >= 15 is 0 Å². The van der Waals surface area contributed by atoms with Gasteiger partial charge in [0.15, 0.2) is 0 Å². The summed E-state index contributed by atoms with van der Waals surface area (Å²) < 4.78 is 26.7. The van der Waals surface area contributed by atoms with Crippen LogP contribution in [-0.2, 0) is 0 Å². The van der Waals surface area contributed by atoms with E-state index in [0.29, 0.717) is 6.54 Å². The van der Waals surface area contributed by atoms with Gasteiger partial charge in [-0.05, 0) is 37.1 Å². The normalized spacial score (nSPS) is 22.3. The maximum absolute atomic E-state index is 13.6. The lowest BCUT2D eigenvalue weighted by molar-refractivity contribution is 0.299. The number of rotatable bonds is 4. The van der Waals surface area contributed by atoms with Crippen molar-refractivity contribution in [1.29, 1.82) is 0 Å². The lowest BCUT2D eigenvalue weighted by Crippen LogP contribution is -2.31. The summed E-state index contributed by atoms with van der Waals surface area (Å²) in [6.45, 7) is 4.79. The van der Waals surface area contributed by atoms with Gasteiger partial charge < -0.3 is 10.6 Å². The first-order valence-corrected chi connectivity index (χ1v) is 6.53. The van der Waals surface area contributed by atoms with Gasteiger partial charge in [-0.2, -0.15) is 0 Å². The van der Waals surface area contributed by atoms with E-state index < -0.39 is 17.7 Å². The largest absolute Gasteiger partial charge is 0.323 e. The van der Waals surface area contributed by atoms with Crippen molar-refractivity contribution in [3.8, 4) is 0 Å². The molecular weight excluding hydrogens is 234 g/mol. The number of hydrogen-bond donors (Lipinski definition) is 1. The minimum atomic E-state index is -0.462. The molecule has 1 aliphatic rings. The number of benzene rings is 1. The molecular formula is C14H20F2N2. The Morgan fingerprint density at radius 3 is 2.89 bits per heavy atom. The predicted octanol–water partition coefficient (Wildman–Crippen LogP) is 2.70. The Morgan fingerprint density at radius 2 is 2.22 bits per heavy atom. The van der Waals surface area contributed by atoms with Gasteiger partial charge >= 0.3 is 0 Å². The van der Waals surface area contributed by atoms with Gasteiger partial charge in [0, 0.05) is 24.7 Å².